The fraction of sp³-hybridized carbons (Fsp3) is 0.286. The maximum absolute atomic E-state index is 12.9. The first-order valence-corrected chi connectivity index (χ1v) is 9.16. The van der Waals surface area contributed by atoms with Gasteiger partial charge in [-0.05, 0) is 37.2 Å². The molecule has 0 bridgehead atoms. The molecule has 0 aliphatic carbocycles. The van der Waals surface area contributed by atoms with Crippen molar-refractivity contribution in [1.82, 2.24) is 20.7 Å². The van der Waals surface area contributed by atoms with Crippen molar-refractivity contribution in [2.24, 2.45) is 0 Å². The van der Waals surface area contributed by atoms with E-state index in [1.807, 2.05) is 30.3 Å². The second-order valence-electron chi connectivity index (χ2n) is 7.12. The number of likely N-dealkylation sites (N-methyl/N-ethyl adjacent to an activating group) is 1. The lowest BCUT2D eigenvalue weighted by atomic mass is 9.92. The Morgan fingerprint density at radius 1 is 1.17 bits per heavy atom. The number of carbonyl (C=O) groups is 3. The highest BCUT2D eigenvalue weighted by Crippen LogP contribution is 2.30. The topological polar surface area (TPSA) is 91.0 Å². The summed E-state index contributed by atoms with van der Waals surface area (Å²) >= 11 is 0. The van der Waals surface area contributed by atoms with Crippen LogP contribution >= 0.6 is 0 Å². The molecule has 0 aromatic heterocycles. The summed E-state index contributed by atoms with van der Waals surface area (Å²) in [6, 6.07) is 15.9. The van der Waals surface area contributed by atoms with E-state index in [1.54, 1.807) is 43.1 Å². The van der Waals surface area contributed by atoms with Gasteiger partial charge < -0.3 is 10.1 Å². The maximum atomic E-state index is 12.9. The lowest BCUT2D eigenvalue weighted by Crippen LogP contribution is -2.50. The lowest BCUT2D eigenvalue weighted by Gasteiger charge is -2.23. The van der Waals surface area contributed by atoms with Gasteiger partial charge in [0.15, 0.2) is 0 Å². The molecule has 2 aromatic rings. The number of benzene rings is 2. The highest BCUT2D eigenvalue weighted by Gasteiger charge is 2.50. The first-order valence-electron chi connectivity index (χ1n) is 9.16. The van der Waals surface area contributed by atoms with Gasteiger partial charge in [0, 0.05) is 6.54 Å². The summed E-state index contributed by atoms with van der Waals surface area (Å²) in [6.07, 6.45) is 0. The van der Waals surface area contributed by atoms with Gasteiger partial charge >= 0.3 is 6.03 Å². The average molecular weight is 396 g/mol. The predicted octanol–water partition coefficient (Wildman–Crippen LogP) is 1.63. The Bertz CT molecular complexity index is 918. The van der Waals surface area contributed by atoms with Crippen molar-refractivity contribution in [2.75, 3.05) is 20.7 Å². The SMILES string of the molecule is COc1cccc(C2(C)NC(=O)N(NC(=O)CN(C)Cc3ccccc3)C2=O)c1. The Labute approximate surface area is 169 Å². The van der Waals surface area contributed by atoms with Crippen LogP contribution < -0.4 is 15.5 Å². The molecule has 1 unspecified atom stereocenters. The minimum absolute atomic E-state index is 0.0296. The number of hydrazine groups is 1. The molecule has 152 valence electrons. The minimum atomic E-state index is -1.30. The number of ether oxygens (including phenoxy) is 1. The summed E-state index contributed by atoms with van der Waals surface area (Å²) in [6.45, 7) is 2.19. The predicted molar refractivity (Wildman–Crippen MR) is 107 cm³/mol. The van der Waals surface area contributed by atoms with Crippen molar-refractivity contribution in [1.29, 1.82) is 0 Å². The van der Waals surface area contributed by atoms with Gasteiger partial charge in [-0.3, -0.25) is 19.9 Å². The van der Waals surface area contributed by atoms with E-state index in [1.165, 1.54) is 7.11 Å². The zero-order chi connectivity index (χ0) is 21.0. The maximum Gasteiger partial charge on any atom is 0.344 e. The third-order valence-electron chi connectivity index (χ3n) is 4.78. The normalized spacial score (nSPS) is 18.7. The summed E-state index contributed by atoms with van der Waals surface area (Å²) in [5, 5.41) is 3.38. The van der Waals surface area contributed by atoms with Gasteiger partial charge in [-0.25, -0.2) is 4.79 Å². The molecule has 3 rings (SSSR count). The van der Waals surface area contributed by atoms with Crippen LogP contribution in [0.25, 0.3) is 0 Å². The van der Waals surface area contributed by atoms with Gasteiger partial charge in [-0.1, -0.05) is 42.5 Å². The summed E-state index contributed by atoms with van der Waals surface area (Å²) in [4.78, 5) is 39.5. The second-order valence-corrected chi connectivity index (χ2v) is 7.12. The molecule has 1 fully saturated rings. The monoisotopic (exact) mass is 396 g/mol. The summed E-state index contributed by atoms with van der Waals surface area (Å²) in [5.41, 5.74) is 2.73. The summed E-state index contributed by atoms with van der Waals surface area (Å²) < 4.78 is 5.19. The molecular weight excluding hydrogens is 372 g/mol. The molecule has 1 aliphatic heterocycles. The molecule has 8 heteroatoms. The molecule has 8 nitrogen and oxygen atoms in total. The van der Waals surface area contributed by atoms with E-state index in [0.29, 0.717) is 17.9 Å². The van der Waals surface area contributed by atoms with Crippen molar-refractivity contribution >= 4 is 17.8 Å². The zero-order valence-corrected chi connectivity index (χ0v) is 16.6. The van der Waals surface area contributed by atoms with Crippen molar-refractivity contribution in [2.45, 2.75) is 19.0 Å². The van der Waals surface area contributed by atoms with Crippen LogP contribution in [-0.2, 0) is 21.7 Å². The van der Waals surface area contributed by atoms with Gasteiger partial charge in [0.25, 0.3) is 11.8 Å². The van der Waals surface area contributed by atoms with E-state index in [9.17, 15) is 14.4 Å². The van der Waals surface area contributed by atoms with Crippen LogP contribution in [-0.4, -0.2) is 48.5 Å². The number of urea groups is 1. The van der Waals surface area contributed by atoms with E-state index < -0.39 is 23.4 Å². The lowest BCUT2D eigenvalue weighted by molar-refractivity contribution is -0.139. The van der Waals surface area contributed by atoms with Gasteiger partial charge in [0.05, 0.1) is 13.7 Å². The van der Waals surface area contributed by atoms with Gasteiger partial charge in [-0.2, -0.15) is 5.01 Å². The molecule has 0 saturated carbocycles. The quantitative estimate of drug-likeness (QED) is 0.694. The molecule has 1 atom stereocenters. The summed E-state index contributed by atoms with van der Waals surface area (Å²) in [7, 11) is 3.31. The van der Waals surface area contributed by atoms with E-state index in [-0.39, 0.29) is 6.54 Å². The highest BCUT2D eigenvalue weighted by molar-refractivity contribution is 6.08. The fourth-order valence-electron chi connectivity index (χ4n) is 3.23. The molecule has 2 aromatic carbocycles. The number of hydrogen-bond acceptors (Lipinski definition) is 5. The first-order chi connectivity index (χ1) is 13.8. The highest BCUT2D eigenvalue weighted by atomic mass is 16.5. The van der Waals surface area contributed by atoms with E-state index in [4.69, 9.17) is 4.74 Å². The molecule has 0 radical (unpaired) electrons. The molecule has 0 spiro atoms. The molecule has 1 saturated heterocycles. The second kappa shape index (κ2) is 8.32. The number of imide groups is 1. The van der Waals surface area contributed by atoms with Crippen LogP contribution in [0, 0.1) is 0 Å². The zero-order valence-electron chi connectivity index (χ0n) is 16.6. The van der Waals surface area contributed by atoms with Crippen molar-refractivity contribution in [3.63, 3.8) is 0 Å². The summed E-state index contributed by atoms with van der Waals surface area (Å²) in [5.74, 6) is -0.451. The third-order valence-corrected chi connectivity index (χ3v) is 4.78. The molecule has 1 aliphatic rings. The number of nitrogens with zero attached hydrogens (tertiary/aromatic N) is 2. The van der Waals surface area contributed by atoms with Crippen LogP contribution in [0.1, 0.15) is 18.1 Å². The van der Waals surface area contributed by atoms with Gasteiger partial charge in [-0.15, -0.1) is 0 Å². The molecular formula is C21H24N4O4. The van der Waals surface area contributed by atoms with Crippen LogP contribution in [0.15, 0.2) is 54.6 Å². The number of amides is 4. The minimum Gasteiger partial charge on any atom is -0.497 e. The van der Waals surface area contributed by atoms with Gasteiger partial charge in [0.2, 0.25) is 0 Å². The number of rotatable bonds is 7. The Morgan fingerprint density at radius 3 is 2.59 bits per heavy atom. The molecule has 29 heavy (non-hydrogen) atoms. The van der Waals surface area contributed by atoms with Crippen molar-refractivity contribution < 1.29 is 19.1 Å². The van der Waals surface area contributed by atoms with E-state index in [0.717, 1.165) is 10.6 Å². The van der Waals surface area contributed by atoms with E-state index >= 15 is 0 Å². The largest absolute Gasteiger partial charge is 0.497 e. The smallest absolute Gasteiger partial charge is 0.344 e. The number of methoxy groups -OCH3 is 1. The molecule has 4 amide bonds. The Morgan fingerprint density at radius 2 is 1.90 bits per heavy atom. The van der Waals surface area contributed by atoms with E-state index in [2.05, 4.69) is 10.7 Å². The van der Waals surface area contributed by atoms with Crippen LogP contribution in [0.3, 0.4) is 0 Å². The Kier molecular flexibility index (Phi) is 5.84. The molecule has 1 heterocycles. The van der Waals surface area contributed by atoms with Crippen LogP contribution in [0.5, 0.6) is 5.75 Å². The van der Waals surface area contributed by atoms with Crippen molar-refractivity contribution in [3.8, 4) is 5.75 Å². The standard InChI is InChI=1S/C21H24N4O4/c1-21(16-10-7-11-17(12-16)29-3)19(27)25(20(28)22-21)23-18(26)14-24(2)13-15-8-5-4-6-9-15/h4-12H,13-14H2,1-3H3,(H,22,28)(H,23,26). The Hall–Kier alpha value is -3.39. The van der Waals surface area contributed by atoms with Gasteiger partial charge in [0.1, 0.15) is 11.3 Å². The third kappa shape index (κ3) is 4.38. The van der Waals surface area contributed by atoms with Crippen LogP contribution in [0.4, 0.5) is 4.79 Å². The average Bonchev–Trinajstić information content (AvgIpc) is 2.92. The number of hydrogen-bond donors (Lipinski definition) is 2. The fourth-order valence-corrected chi connectivity index (χ4v) is 3.23. The molecule has 2 N–H and O–H groups in total. The number of nitrogens with one attached hydrogen (secondary N) is 2. The Balaban J connectivity index is 1.65. The number of carbonyl (C=O) groups excluding carboxylic acids is 3. The van der Waals surface area contributed by atoms with Crippen molar-refractivity contribution in [3.05, 3.63) is 65.7 Å². The van der Waals surface area contributed by atoms with Crippen LogP contribution in [0.2, 0.25) is 0 Å². The first kappa shape index (κ1) is 20.3.